The molecule has 0 bridgehead atoms. The van der Waals surface area contributed by atoms with E-state index in [4.69, 9.17) is 0 Å². The summed E-state index contributed by atoms with van der Waals surface area (Å²) in [5, 5.41) is 15.5. The van der Waals surface area contributed by atoms with Crippen LogP contribution in [0.2, 0.25) is 0 Å². The second-order valence-corrected chi connectivity index (χ2v) is 7.99. The van der Waals surface area contributed by atoms with Gasteiger partial charge in [-0.15, -0.1) is 0 Å². The first-order chi connectivity index (χ1) is 11.5. The van der Waals surface area contributed by atoms with Crippen LogP contribution in [-0.4, -0.2) is 45.7 Å². The molecule has 3 atom stereocenters. The van der Waals surface area contributed by atoms with Crippen molar-refractivity contribution in [1.29, 1.82) is 0 Å². The number of amides is 1. The molecule has 1 aromatic rings. The Morgan fingerprint density at radius 3 is 2.79 bits per heavy atom. The highest BCUT2D eigenvalue weighted by molar-refractivity contribution is 5.77. The van der Waals surface area contributed by atoms with Crippen molar-refractivity contribution in [2.24, 2.45) is 23.7 Å². The normalized spacial score (nSPS) is 26.9. The quantitative estimate of drug-likeness (QED) is 0.859. The number of carbonyl (C=O) groups excluding carboxylic acids is 1. The SMILES string of the molecule is CC(C)C(=O)NCC1CCCN(c2nnnn2[C@@H]2C[C@H]2C(C)C)C1. The Morgan fingerprint density at radius 1 is 1.33 bits per heavy atom. The average Bonchev–Trinajstić information content (AvgIpc) is 3.22. The number of nitrogens with one attached hydrogen (secondary N) is 1. The van der Waals surface area contributed by atoms with Gasteiger partial charge < -0.3 is 10.2 Å². The monoisotopic (exact) mass is 334 g/mol. The van der Waals surface area contributed by atoms with E-state index in [2.05, 4.69) is 39.6 Å². The van der Waals surface area contributed by atoms with Crippen LogP contribution in [0.25, 0.3) is 0 Å². The van der Waals surface area contributed by atoms with Crippen molar-refractivity contribution in [3.63, 3.8) is 0 Å². The van der Waals surface area contributed by atoms with Crippen molar-refractivity contribution in [2.75, 3.05) is 24.5 Å². The number of hydrogen-bond donors (Lipinski definition) is 1. The summed E-state index contributed by atoms with van der Waals surface area (Å²) >= 11 is 0. The fraction of sp³-hybridized carbons (Fsp3) is 0.882. The van der Waals surface area contributed by atoms with E-state index < -0.39 is 0 Å². The average molecular weight is 334 g/mol. The Kier molecular flexibility index (Phi) is 5.06. The van der Waals surface area contributed by atoms with Gasteiger partial charge in [0.25, 0.3) is 0 Å². The lowest BCUT2D eigenvalue weighted by Gasteiger charge is -2.33. The number of tetrazole rings is 1. The topological polar surface area (TPSA) is 75.9 Å². The number of hydrogen-bond acceptors (Lipinski definition) is 5. The smallest absolute Gasteiger partial charge is 0.245 e. The molecule has 1 aliphatic heterocycles. The summed E-state index contributed by atoms with van der Waals surface area (Å²) in [7, 11) is 0. The van der Waals surface area contributed by atoms with Crippen molar-refractivity contribution >= 4 is 11.9 Å². The van der Waals surface area contributed by atoms with Crippen LogP contribution in [0.15, 0.2) is 0 Å². The molecule has 1 aromatic heterocycles. The molecule has 3 rings (SSSR count). The molecule has 1 saturated carbocycles. The summed E-state index contributed by atoms with van der Waals surface area (Å²) < 4.78 is 2.03. The van der Waals surface area contributed by atoms with E-state index in [1.807, 2.05) is 18.5 Å². The predicted octanol–water partition coefficient (Wildman–Crippen LogP) is 1.88. The summed E-state index contributed by atoms with van der Waals surface area (Å²) in [5.74, 6) is 2.91. The molecule has 134 valence electrons. The molecule has 1 amide bonds. The van der Waals surface area contributed by atoms with Gasteiger partial charge in [-0.05, 0) is 47.4 Å². The van der Waals surface area contributed by atoms with Crippen LogP contribution in [-0.2, 0) is 4.79 Å². The lowest BCUT2D eigenvalue weighted by Crippen LogP contribution is -2.42. The number of aromatic nitrogens is 4. The van der Waals surface area contributed by atoms with Crippen molar-refractivity contribution in [1.82, 2.24) is 25.5 Å². The van der Waals surface area contributed by atoms with Crippen LogP contribution < -0.4 is 10.2 Å². The molecule has 1 saturated heterocycles. The fourth-order valence-corrected chi connectivity index (χ4v) is 3.67. The van der Waals surface area contributed by atoms with E-state index in [-0.39, 0.29) is 11.8 Å². The summed E-state index contributed by atoms with van der Waals surface area (Å²) in [6, 6.07) is 0.455. The van der Waals surface area contributed by atoms with Gasteiger partial charge in [0.15, 0.2) is 0 Å². The zero-order valence-corrected chi connectivity index (χ0v) is 15.3. The van der Waals surface area contributed by atoms with Crippen LogP contribution >= 0.6 is 0 Å². The maximum absolute atomic E-state index is 11.8. The van der Waals surface area contributed by atoms with Crippen LogP contribution in [0.3, 0.4) is 0 Å². The second kappa shape index (κ2) is 7.07. The number of anilines is 1. The number of carbonyl (C=O) groups is 1. The van der Waals surface area contributed by atoms with Crippen molar-refractivity contribution < 1.29 is 4.79 Å². The third kappa shape index (κ3) is 3.70. The highest BCUT2D eigenvalue weighted by Gasteiger charge is 2.43. The molecule has 2 aliphatic rings. The van der Waals surface area contributed by atoms with Gasteiger partial charge in [-0.2, -0.15) is 0 Å². The molecule has 1 unspecified atom stereocenters. The van der Waals surface area contributed by atoms with Crippen LogP contribution in [0.4, 0.5) is 5.95 Å². The van der Waals surface area contributed by atoms with Crippen molar-refractivity contribution in [2.45, 2.75) is 53.0 Å². The summed E-state index contributed by atoms with van der Waals surface area (Å²) in [4.78, 5) is 14.1. The van der Waals surface area contributed by atoms with Crippen molar-refractivity contribution in [3.8, 4) is 0 Å². The maximum atomic E-state index is 11.8. The largest absolute Gasteiger partial charge is 0.356 e. The van der Waals surface area contributed by atoms with Gasteiger partial charge in [0.05, 0.1) is 6.04 Å². The van der Waals surface area contributed by atoms with Gasteiger partial charge in [0, 0.05) is 25.6 Å². The highest BCUT2D eigenvalue weighted by Crippen LogP contribution is 2.49. The molecule has 1 N–H and O–H groups in total. The second-order valence-electron chi connectivity index (χ2n) is 7.99. The fourth-order valence-electron chi connectivity index (χ4n) is 3.67. The molecule has 24 heavy (non-hydrogen) atoms. The molecule has 0 spiro atoms. The Balaban J connectivity index is 1.60. The highest BCUT2D eigenvalue weighted by atomic mass is 16.1. The Hall–Kier alpha value is -1.66. The number of piperidine rings is 1. The van der Waals surface area contributed by atoms with Crippen LogP contribution in [0.5, 0.6) is 0 Å². The first-order valence-corrected chi connectivity index (χ1v) is 9.28. The molecule has 1 aliphatic carbocycles. The Morgan fingerprint density at radius 2 is 2.12 bits per heavy atom. The van der Waals surface area contributed by atoms with E-state index >= 15 is 0 Å². The van der Waals surface area contributed by atoms with Gasteiger partial charge in [-0.3, -0.25) is 4.79 Å². The minimum Gasteiger partial charge on any atom is -0.356 e. The summed E-state index contributed by atoms with van der Waals surface area (Å²) in [6.07, 6.45) is 3.44. The van der Waals surface area contributed by atoms with E-state index in [9.17, 15) is 4.79 Å². The van der Waals surface area contributed by atoms with Gasteiger partial charge >= 0.3 is 0 Å². The Labute approximate surface area is 144 Å². The van der Waals surface area contributed by atoms with E-state index in [1.165, 1.54) is 6.42 Å². The minimum absolute atomic E-state index is 0.0415. The molecule has 0 radical (unpaired) electrons. The van der Waals surface area contributed by atoms with Gasteiger partial charge in [0.2, 0.25) is 11.9 Å². The lowest BCUT2D eigenvalue weighted by atomic mass is 9.98. The van der Waals surface area contributed by atoms with E-state index in [1.54, 1.807) is 0 Å². The lowest BCUT2D eigenvalue weighted by molar-refractivity contribution is -0.124. The summed E-state index contributed by atoms with van der Waals surface area (Å²) in [5.41, 5.74) is 0. The van der Waals surface area contributed by atoms with Crippen molar-refractivity contribution in [3.05, 3.63) is 0 Å². The van der Waals surface area contributed by atoms with E-state index in [0.717, 1.165) is 38.4 Å². The third-order valence-corrected chi connectivity index (χ3v) is 5.34. The Bertz CT molecular complexity index is 569. The van der Waals surface area contributed by atoms with Gasteiger partial charge in [-0.25, -0.2) is 4.68 Å². The minimum atomic E-state index is 0.0415. The zero-order chi connectivity index (χ0) is 17.3. The predicted molar refractivity (Wildman–Crippen MR) is 92.6 cm³/mol. The number of nitrogens with zero attached hydrogens (tertiary/aromatic N) is 5. The molecule has 0 aromatic carbocycles. The molecular weight excluding hydrogens is 304 g/mol. The van der Waals surface area contributed by atoms with Crippen LogP contribution in [0.1, 0.15) is 53.0 Å². The molecular formula is C17H30N6O. The van der Waals surface area contributed by atoms with E-state index in [0.29, 0.717) is 23.8 Å². The molecule has 7 heteroatoms. The number of rotatable bonds is 6. The van der Waals surface area contributed by atoms with Crippen LogP contribution in [0, 0.1) is 23.7 Å². The molecule has 2 fully saturated rings. The third-order valence-electron chi connectivity index (χ3n) is 5.34. The molecule has 7 nitrogen and oxygen atoms in total. The first kappa shape index (κ1) is 17.2. The zero-order valence-electron chi connectivity index (χ0n) is 15.3. The standard InChI is InChI=1S/C17H30N6O/c1-11(2)14-8-15(14)23-17(19-20-21-23)22-7-5-6-13(10-22)9-18-16(24)12(3)4/h11-15H,5-10H2,1-4H3,(H,18,24)/t13?,14-,15+/m0/s1. The summed E-state index contributed by atoms with van der Waals surface area (Å²) in [6.45, 7) is 11.0. The molecule has 2 heterocycles. The first-order valence-electron chi connectivity index (χ1n) is 9.28. The maximum Gasteiger partial charge on any atom is 0.245 e. The van der Waals surface area contributed by atoms with Gasteiger partial charge in [0.1, 0.15) is 0 Å². The van der Waals surface area contributed by atoms with Gasteiger partial charge in [-0.1, -0.05) is 32.8 Å².